The van der Waals surface area contributed by atoms with Gasteiger partial charge in [0.1, 0.15) is 11.3 Å². The van der Waals surface area contributed by atoms with Crippen LogP contribution >= 0.6 is 27.5 Å². The van der Waals surface area contributed by atoms with Crippen LogP contribution in [-0.2, 0) is 12.7 Å². The summed E-state index contributed by atoms with van der Waals surface area (Å²) in [6.07, 6.45) is -2.77. The number of aromatic nitrogens is 3. The summed E-state index contributed by atoms with van der Waals surface area (Å²) >= 11 is 9.43. The molecule has 0 saturated heterocycles. The molecular weight excluding hydrogens is 395 g/mol. The molecule has 0 atom stereocenters. The number of fused-ring (bicyclic) bond motifs is 1. The minimum absolute atomic E-state index is 0.0658. The van der Waals surface area contributed by atoms with Gasteiger partial charge in [-0.05, 0) is 46.6 Å². The van der Waals surface area contributed by atoms with Crippen molar-refractivity contribution in [3.8, 4) is 0 Å². The molecule has 3 rings (SSSR count). The molecule has 3 nitrogen and oxygen atoms in total. The lowest BCUT2D eigenvalue weighted by atomic mass is 10.1. The number of benzene rings is 1. The molecule has 0 spiro atoms. The van der Waals surface area contributed by atoms with E-state index >= 15 is 0 Å². The monoisotopic (exact) mass is 403 g/mol. The molecule has 0 fully saturated rings. The zero-order valence-electron chi connectivity index (χ0n) is 11.8. The summed E-state index contributed by atoms with van der Waals surface area (Å²) < 4.78 is 40.7. The lowest BCUT2D eigenvalue weighted by Gasteiger charge is -2.11. The maximum atomic E-state index is 12.7. The van der Waals surface area contributed by atoms with Crippen molar-refractivity contribution in [2.75, 3.05) is 0 Å². The number of imidazole rings is 1. The fourth-order valence-electron chi connectivity index (χ4n) is 2.31. The van der Waals surface area contributed by atoms with Crippen molar-refractivity contribution in [2.45, 2.75) is 19.6 Å². The average Bonchev–Trinajstić information content (AvgIpc) is 2.78. The summed E-state index contributed by atoms with van der Waals surface area (Å²) in [6.45, 7) is 2.11. The van der Waals surface area contributed by atoms with Crippen molar-refractivity contribution in [3.05, 3.63) is 56.9 Å². The van der Waals surface area contributed by atoms with E-state index in [1.807, 2.05) is 11.5 Å². The van der Waals surface area contributed by atoms with Gasteiger partial charge in [0.25, 0.3) is 0 Å². The molecule has 0 radical (unpaired) electrons. The Hall–Kier alpha value is -1.60. The molecule has 0 aliphatic carbocycles. The topological polar surface area (TPSA) is 30.7 Å². The van der Waals surface area contributed by atoms with Crippen LogP contribution < -0.4 is 0 Å². The lowest BCUT2D eigenvalue weighted by molar-refractivity contribution is -0.137. The Labute approximate surface area is 143 Å². The van der Waals surface area contributed by atoms with Crippen molar-refractivity contribution >= 4 is 38.7 Å². The van der Waals surface area contributed by atoms with Gasteiger partial charge in [0.2, 0.25) is 0 Å². The second kappa shape index (κ2) is 5.79. The van der Waals surface area contributed by atoms with Crippen LogP contribution in [0.25, 0.3) is 11.2 Å². The quantitative estimate of drug-likeness (QED) is 0.586. The molecule has 8 heteroatoms. The van der Waals surface area contributed by atoms with E-state index in [1.54, 1.807) is 12.3 Å². The van der Waals surface area contributed by atoms with Crippen LogP contribution in [0.4, 0.5) is 13.2 Å². The van der Waals surface area contributed by atoms with E-state index in [0.29, 0.717) is 29.1 Å². The smallest absolute Gasteiger partial charge is 0.308 e. The molecule has 1 aromatic carbocycles. The van der Waals surface area contributed by atoms with Crippen molar-refractivity contribution in [2.24, 2.45) is 0 Å². The van der Waals surface area contributed by atoms with E-state index in [9.17, 15) is 13.2 Å². The molecule has 0 aliphatic rings. The van der Waals surface area contributed by atoms with Gasteiger partial charge in [-0.25, -0.2) is 9.97 Å². The molecule has 120 valence electrons. The number of nitrogens with zero attached hydrogens (tertiary/aromatic N) is 3. The number of halogens is 5. The lowest BCUT2D eigenvalue weighted by Crippen LogP contribution is -2.07. The van der Waals surface area contributed by atoms with Gasteiger partial charge in [-0.3, -0.25) is 0 Å². The summed E-state index contributed by atoms with van der Waals surface area (Å²) in [7, 11) is 0. The Morgan fingerprint density at radius 3 is 2.65 bits per heavy atom. The van der Waals surface area contributed by atoms with Crippen LogP contribution in [0.3, 0.4) is 0 Å². The first-order valence-corrected chi connectivity index (χ1v) is 7.77. The van der Waals surface area contributed by atoms with E-state index in [0.717, 1.165) is 16.6 Å². The first-order valence-electron chi connectivity index (χ1n) is 6.60. The molecule has 3 aromatic rings. The first kappa shape index (κ1) is 16.3. The summed E-state index contributed by atoms with van der Waals surface area (Å²) in [5, 5.41) is 0.0658. The molecule has 0 saturated carbocycles. The standard InChI is InChI=1S/C15H10BrClF3N3/c1-8-22-13-11(16)4-5-21-14(13)23(8)7-9-2-3-10(6-12(9)17)15(18,19)20/h2-6H,7H2,1H3. The summed E-state index contributed by atoms with van der Waals surface area (Å²) in [5.41, 5.74) is 1.16. The van der Waals surface area contributed by atoms with Crippen LogP contribution in [0, 0.1) is 6.92 Å². The third-order valence-corrected chi connectivity index (χ3v) is 4.48. The fourth-order valence-corrected chi connectivity index (χ4v) is 2.93. The van der Waals surface area contributed by atoms with Crippen LogP contribution in [-0.4, -0.2) is 14.5 Å². The first-order chi connectivity index (χ1) is 10.8. The van der Waals surface area contributed by atoms with Gasteiger partial charge in [-0.1, -0.05) is 17.7 Å². The highest BCUT2D eigenvalue weighted by Gasteiger charge is 2.30. The van der Waals surface area contributed by atoms with Gasteiger partial charge in [-0.2, -0.15) is 13.2 Å². The molecule has 23 heavy (non-hydrogen) atoms. The number of hydrogen-bond donors (Lipinski definition) is 0. The summed E-state index contributed by atoms with van der Waals surface area (Å²) in [4.78, 5) is 8.72. The molecule has 0 amide bonds. The van der Waals surface area contributed by atoms with Crippen molar-refractivity contribution < 1.29 is 13.2 Å². The van der Waals surface area contributed by atoms with E-state index in [-0.39, 0.29) is 5.02 Å². The second-order valence-corrected chi connectivity index (χ2v) is 6.28. The number of hydrogen-bond acceptors (Lipinski definition) is 2. The molecular formula is C15H10BrClF3N3. The van der Waals surface area contributed by atoms with Crippen LogP contribution in [0.1, 0.15) is 17.0 Å². The predicted octanol–water partition coefficient (Wildman–Crippen LogP) is 5.22. The zero-order chi connectivity index (χ0) is 16.8. The summed E-state index contributed by atoms with van der Waals surface area (Å²) in [6, 6.07) is 5.13. The van der Waals surface area contributed by atoms with Crippen molar-refractivity contribution in [3.63, 3.8) is 0 Å². The minimum atomic E-state index is -4.41. The van der Waals surface area contributed by atoms with E-state index in [2.05, 4.69) is 25.9 Å². The third kappa shape index (κ3) is 3.07. The van der Waals surface area contributed by atoms with E-state index in [1.165, 1.54) is 6.07 Å². The molecule has 0 aliphatic heterocycles. The number of rotatable bonds is 2. The van der Waals surface area contributed by atoms with Gasteiger partial charge < -0.3 is 4.57 Å². The highest BCUT2D eigenvalue weighted by Crippen LogP contribution is 2.32. The maximum Gasteiger partial charge on any atom is 0.416 e. The largest absolute Gasteiger partial charge is 0.416 e. The average molecular weight is 405 g/mol. The Kier molecular flexibility index (Phi) is 4.10. The van der Waals surface area contributed by atoms with Gasteiger partial charge in [0.05, 0.1) is 12.1 Å². The Bertz CT molecular complexity index is 890. The molecule has 0 bridgehead atoms. The normalized spacial score (nSPS) is 12.1. The van der Waals surface area contributed by atoms with Crippen molar-refractivity contribution in [1.29, 1.82) is 0 Å². The van der Waals surface area contributed by atoms with Gasteiger partial charge in [-0.15, -0.1) is 0 Å². The van der Waals surface area contributed by atoms with E-state index < -0.39 is 11.7 Å². The molecule has 2 aromatic heterocycles. The van der Waals surface area contributed by atoms with Crippen molar-refractivity contribution in [1.82, 2.24) is 14.5 Å². The molecule has 0 unspecified atom stereocenters. The Balaban J connectivity index is 2.03. The fraction of sp³-hybridized carbons (Fsp3) is 0.200. The zero-order valence-corrected chi connectivity index (χ0v) is 14.2. The van der Waals surface area contributed by atoms with E-state index in [4.69, 9.17) is 11.6 Å². The van der Waals surface area contributed by atoms with Gasteiger partial charge in [0, 0.05) is 15.7 Å². The summed E-state index contributed by atoms with van der Waals surface area (Å²) in [5.74, 6) is 0.704. The maximum absolute atomic E-state index is 12.7. The van der Waals surface area contributed by atoms with Crippen LogP contribution in [0.15, 0.2) is 34.9 Å². The molecule has 2 heterocycles. The highest BCUT2D eigenvalue weighted by atomic mass is 79.9. The van der Waals surface area contributed by atoms with Crippen LogP contribution in [0.2, 0.25) is 5.02 Å². The van der Waals surface area contributed by atoms with Crippen LogP contribution in [0.5, 0.6) is 0 Å². The number of aryl methyl sites for hydroxylation is 1. The Morgan fingerprint density at radius 1 is 1.26 bits per heavy atom. The third-order valence-electron chi connectivity index (χ3n) is 3.48. The Morgan fingerprint density at radius 2 is 2.00 bits per heavy atom. The number of pyridine rings is 1. The van der Waals surface area contributed by atoms with Gasteiger partial charge in [0.15, 0.2) is 5.65 Å². The minimum Gasteiger partial charge on any atom is -0.308 e. The highest BCUT2D eigenvalue weighted by molar-refractivity contribution is 9.10. The second-order valence-electron chi connectivity index (χ2n) is 5.01. The van der Waals surface area contributed by atoms with Gasteiger partial charge >= 0.3 is 6.18 Å². The molecule has 0 N–H and O–H groups in total. The number of alkyl halides is 3. The SMILES string of the molecule is Cc1nc2c(Br)ccnc2n1Cc1ccc(C(F)(F)F)cc1Cl. The predicted molar refractivity (Wildman–Crippen MR) is 85.5 cm³/mol.